The van der Waals surface area contributed by atoms with Crippen LogP contribution in [0.2, 0.25) is 0 Å². The van der Waals surface area contributed by atoms with Gasteiger partial charge in [-0.25, -0.2) is 0 Å². The van der Waals surface area contributed by atoms with Crippen LogP contribution in [-0.2, 0) is 16.0 Å². The first-order valence-corrected chi connectivity index (χ1v) is 11.0. The third-order valence-electron chi connectivity index (χ3n) is 5.37. The number of hydrogen-bond acceptors (Lipinski definition) is 5. The Hall–Kier alpha value is -1.71. The summed E-state index contributed by atoms with van der Waals surface area (Å²) in [7, 11) is 3.45. The molecule has 2 rings (SSSR count). The SMILES string of the molecule is CCOC(=O)C1CCC(NC(=NC)NCCCc2ccc(OC)c(OCC)c2)CC1.I. The molecule has 0 amide bonds. The Kier molecular flexibility index (Phi) is 13.4. The van der Waals surface area contributed by atoms with Crippen molar-refractivity contribution in [1.29, 1.82) is 0 Å². The number of rotatable bonds is 10. The van der Waals surface area contributed by atoms with E-state index >= 15 is 0 Å². The number of ether oxygens (including phenoxy) is 3. The van der Waals surface area contributed by atoms with Crippen molar-refractivity contribution in [2.45, 2.75) is 58.4 Å². The summed E-state index contributed by atoms with van der Waals surface area (Å²) in [6, 6.07) is 6.44. The lowest BCUT2D eigenvalue weighted by Crippen LogP contribution is -2.45. The van der Waals surface area contributed by atoms with Crippen LogP contribution in [0.4, 0.5) is 0 Å². The average molecular weight is 547 g/mol. The van der Waals surface area contributed by atoms with Gasteiger partial charge in [0.15, 0.2) is 17.5 Å². The fraction of sp³-hybridized carbons (Fsp3) is 0.652. The van der Waals surface area contributed by atoms with Gasteiger partial charge in [0.05, 0.1) is 26.2 Å². The minimum Gasteiger partial charge on any atom is -0.493 e. The third kappa shape index (κ3) is 9.13. The molecule has 1 saturated carbocycles. The van der Waals surface area contributed by atoms with Crippen LogP contribution in [0.5, 0.6) is 11.5 Å². The molecule has 2 N–H and O–H groups in total. The second-order valence-electron chi connectivity index (χ2n) is 7.47. The van der Waals surface area contributed by atoms with Gasteiger partial charge in [-0.1, -0.05) is 6.07 Å². The van der Waals surface area contributed by atoms with Gasteiger partial charge >= 0.3 is 5.97 Å². The summed E-state index contributed by atoms with van der Waals surface area (Å²) < 4.78 is 16.1. The van der Waals surface area contributed by atoms with Crippen LogP contribution in [-0.4, -0.2) is 51.9 Å². The van der Waals surface area contributed by atoms with E-state index in [4.69, 9.17) is 14.2 Å². The second-order valence-corrected chi connectivity index (χ2v) is 7.47. The number of halogens is 1. The number of methoxy groups -OCH3 is 1. The molecule has 0 unspecified atom stereocenters. The number of aliphatic imine (C=N–C) groups is 1. The van der Waals surface area contributed by atoms with Crippen molar-refractivity contribution in [2.24, 2.45) is 10.9 Å². The van der Waals surface area contributed by atoms with Crippen molar-refractivity contribution >= 4 is 35.9 Å². The molecule has 0 aromatic heterocycles. The molecule has 0 aliphatic heterocycles. The number of nitrogens with zero attached hydrogens (tertiary/aromatic N) is 1. The Balaban J connectivity index is 0.00000480. The minimum atomic E-state index is -0.0514. The molecule has 1 aliphatic carbocycles. The third-order valence-corrected chi connectivity index (χ3v) is 5.37. The quantitative estimate of drug-likeness (QED) is 0.152. The highest BCUT2D eigenvalue weighted by Crippen LogP contribution is 2.28. The number of carbonyl (C=O) groups excluding carboxylic acids is 1. The number of nitrogens with one attached hydrogen (secondary N) is 2. The Morgan fingerprint density at radius 1 is 1.13 bits per heavy atom. The Labute approximate surface area is 203 Å². The maximum Gasteiger partial charge on any atom is 0.308 e. The van der Waals surface area contributed by atoms with E-state index in [-0.39, 0.29) is 35.9 Å². The minimum absolute atomic E-state index is 0. The first kappa shape index (κ1) is 27.3. The molecule has 0 saturated heterocycles. The van der Waals surface area contributed by atoms with Gasteiger partial charge < -0.3 is 24.8 Å². The van der Waals surface area contributed by atoms with E-state index in [1.54, 1.807) is 14.2 Å². The van der Waals surface area contributed by atoms with Gasteiger partial charge in [0.1, 0.15) is 0 Å². The van der Waals surface area contributed by atoms with Gasteiger partial charge in [0, 0.05) is 19.6 Å². The smallest absolute Gasteiger partial charge is 0.308 e. The first-order valence-electron chi connectivity index (χ1n) is 11.0. The molecule has 0 spiro atoms. The summed E-state index contributed by atoms with van der Waals surface area (Å²) in [5.41, 5.74) is 1.22. The molecule has 31 heavy (non-hydrogen) atoms. The van der Waals surface area contributed by atoms with Crippen molar-refractivity contribution in [2.75, 3.05) is 33.9 Å². The van der Waals surface area contributed by atoms with E-state index in [1.807, 2.05) is 19.9 Å². The van der Waals surface area contributed by atoms with E-state index in [2.05, 4.69) is 27.8 Å². The van der Waals surface area contributed by atoms with Gasteiger partial charge in [-0.15, -0.1) is 24.0 Å². The van der Waals surface area contributed by atoms with Crippen molar-refractivity contribution in [1.82, 2.24) is 10.6 Å². The summed E-state index contributed by atoms with van der Waals surface area (Å²) in [5.74, 6) is 2.37. The zero-order chi connectivity index (χ0) is 21.8. The molecular formula is C23H38IN3O4. The predicted octanol–water partition coefficient (Wildman–Crippen LogP) is 3.93. The van der Waals surface area contributed by atoms with Gasteiger partial charge in [0.2, 0.25) is 0 Å². The highest BCUT2D eigenvalue weighted by Gasteiger charge is 2.27. The van der Waals surface area contributed by atoms with Crippen molar-refractivity contribution in [3.8, 4) is 11.5 Å². The molecular weight excluding hydrogens is 509 g/mol. The normalized spacial score (nSPS) is 18.5. The van der Waals surface area contributed by atoms with Crippen LogP contribution in [0.3, 0.4) is 0 Å². The Morgan fingerprint density at radius 2 is 1.87 bits per heavy atom. The lowest BCUT2D eigenvalue weighted by molar-refractivity contribution is -0.149. The zero-order valence-corrected chi connectivity index (χ0v) is 21.6. The van der Waals surface area contributed by atoms with Gasteiger partial charge in [-0.3, -0.25) is 9.79 Å². The average Bonchev–Trinajstić information content (AvgIpc) is 2.77. The number of carbonyl (C=O) groups is 1. The summed E-state index contributed by atoms with van der Waals surface area (Å²) in [6.45, 7) is 5.72. The van der Waals surface area contributed by atoms with Crippen LogP contribution in [0.1, 0.15) is 51.5 Å². The van der Waals surface area contributed by atoms with E-state index in [0.29, 0.717) is 19.3 Å². The van der Waals surface area contributed by atoms with Gasteiger partial charge in [-0.2, -0.15) is 0 Å². The largest absolute Gasteiger partial charge is 0.493 e. The lowest BCUT2D eigenvalue weighted by Gasteiger charge is -2.29. The second kappa shape index (κ2) is 15.2. The number of benzene rings is 1. The van der Waals surface area contributed by atoms with E-state index in [9.17, 15) is 4.79 Å². The van der Waals surface area contributed by atoms with Crippen LogP contribution < -0.4 is 20.1 Å². The molecule has 0 bridgehead atoms. The monoisotopic (exact) mass is 547 g/mol. The zero-order valence-electron chi connectivity index (χ0n) is 19.2. The molecule has 0 radical (unpaired) electrons. The summed E-state index contributed by atoms with van der Waals surface area (Å²) in [6.07, 6.45) is 5.57. The molecule has 1 aliphatic rings. The molecule has 0 atom stereocenters. The Bertz CT molecular complexity index is 691. The molecule has 1 aromatic rings. The predicted molar refractivity (Wildman–Crippen MR) is 135 cm³/mol. The van der Waals surface area contributed by atoms with E-state index in [0.717, 1.165) is 62.5 Å². The van der Waals surface area contributed by atoms with Gasteiger partial charge in [0.25, 0.3) is 0 Å². The van der Waals surface area contributed by atoms with Crippen molar-refractivity contribution in [3.63, 3.8) is 0 Å². The van der Waals surface area contributed by atoms with Crippen LogP contribution in [0, 0.1) is 5.92 Å². The van der Waals surface area contributed by atoms with Crippen molar-refractivity contribution in [3.05, 3.63) is 23.8 Å². The Morgan fingerprint density at radius 3 is 2.48 bits per heavy atom. The van der Waals surface area contributed by atoms with Crippen LogP contribution >= 0.6 is 24.0 Å². The molecule has 176 valence electrons. The molecule has 8 heteroatoms. The summed E-state index contributed by atoms with van der Waals surface area (Å²) in [5, 5.41) is 6.88. The van der Waals surface area contributed by atoms with Crippen molar-refractivity contribution < 1.29 is 19.0 Å². The maximum atomic E-state index is 11.9. The standard InChI is InChI=1S/C23H37N3O4.HI/c1-5-29-21-16-17(9-14-20(21)28-4)8-7-15-25-23(24-3)26-19-12-10-18(11-13-19)22(27)30-6-2;/h9,14,16,18-19H,5-8,10-13,15H2,1-4H3,(H2,24,25,26);1H. The molecule has 1 aromatic carbocycles. The van der Waals surface area contributed by atoms with Crippen LogP contribution in [0.25, 0.3) is 0 Å². The number of guanidine groups is 1. The molecule has 1 fully saturated rings. The summed E-state index contributed by atoms with van der Waals surface area (Å²) in [4.78, 5) is 16.2. The highest BCUT2D eigenvalue weighted by molar-refractivity contribution is 14.0. The number of esters is 1. The maximum absolute atomic E-state index is 11.9. The highest BCUT2D eigenvalue weighted by atomic mass is 127. The molecule has 7 nitrogen and oxygen atoms in total. The first-order chi connectivity index (χ1) is 14.6. The fourth-order valence-corrected chi connectivity index (χ4v) is 3.77. The topological polar surface area (TPSA) is 81.2 Å². The van der Waals surface area contributed by atoms with Gasteiger partial charge in [-0.05, 0) is 70.1 Å². The van der Waals surface area contributed by atoms with Crippen LogP contribution in [0.15, 0.2) is 23.2 Å². The van der Waals surface area contributed by atoms with E-state index < -0.39 is 0 Å². The number of hydrogen-bond donors (Lipinski definition) is 2. The fourth-order valence-electron chi connectivity index (χ4n) is 3.77. The summed E-state index contributed by atoms with van der Waals surface area (Å²) >= 11 is 0. The lowest BCUT2D eigenvalue weighted by atomic mass is 9.86. The number of aryl methyl sites for hydroxylation is 1. The molecule has 0 heterocycles. The van der Waals surface area contributed by atoms with E-state index in [1.165, 1.54) is 5.56 Å².